The van der Waals surface area contributed by atoms with Crippen molar-refractivity contribution >= 4 is 45.7 Å². The number of anilines is 3. The molecule has 0 radical (unpaired) electrons. The molecular weight excluding hydrogens is 461 g/mol. The summed E-state index contributed by atoms with van der Waals surface area (Å²) in [5, 5.41) is 4.30. The molecule has 10 heteroatoms. The fraction of sp³-hybridized carbons (Fsp3) is 0.417. The van der Waals surface area contributed by atoms with Crippen LogP contribution in [0.4, 0.5) is 21.8 Å². The number of carbonyl (C=O) groups excluding carboxylic acids is 1. The van der Waals surface area contributed by atoms with Crippen LogP contribution in [0.3, 0.4) is 0 Å². The van der Waals surface area contributed by atoms with E-state index in [0.717, 1.165) is 5.39 Å². The number of aryl methyl sites for hydroxylation is 1. The van der Waals surface area contributed by atoms with E-state index in [9.17, 15) is 14.0 Å². The highest BCUT2D eigenvalue weighted by molar-refractivity contribution is 6.32. The van der Waals surface area contributed by atoms with Crippen LogP contribution in [-0.2, 0) is 11.8 Å². The maximum Gasteiger partial charge on any atom is 0.293 e. The Bertz CT molecular complexity index is 1280. The highest BCUT2D eigenvalue weighted by atomic mass is 35.5. The molecule has 0 bridgehead atoms. The number of Topliss-reactive ketones (excluding diaryl/α,β-unsaturated/α-hetero) is 1. The van der Waals surface area contributed by atoms with Gasteiger partial charge >= 0.3 is 0 Å². The van der Waals surface area contributed by atoms with Gasteiger partial charge in [0, 0.05) is 37.6 Å². The number of benzene rings is 1. The van der Waals surface area contributed by atoms with Gasteiger partial charge < -0.3 is 19.5 Å². The molecule has 1 saturated heterocycles. The monoisotopic (exact) mass is 487 g/mol. The molecule has 0 spiro atoms. The Kier molecular flexibility index (Phi) is 6.74. The largest absolute Gasteiger partial charge is 0.480 e. The number of ether oxygens (including phenoxy) is 1. The lowest BCUT2D eigenvalue weighted by atomic mass is 9.96. The quantitative estimate of drug-likeness (QED) is 0.528. The first-order valence-electron chi connectivity index (χ1n) is 11.2. The van der Waals surface area contributed by atoms with E-state index in [1.807, 2.05) is 23.1 Å². The lowest BCUT2D eigenvalue weighted by molar-refractivity contribution is -0.120. The van der Waals surface area contributed by atoms with Crippen molar-refractivity contribution in [1.29, 1.82) is 0 Å². The van der Waals surface area contributed by atoms with E-state index in [4.69, 9.17) is 16.3 Å². The van der Waals surface area contributed by atoms with Crippen LogP contribution >= 0.6 is 11.6 Å². The lowest BCUT2D eigenvalue weighted by Gasteiger charge is -2.34. The highest BCUT2D eigenvalue weighted by Crippen LogP contribution is 2.30. The van der Waals surface area contributed by atoms with Crippen LogP contribution in [0.2, 0.25) is 5.02 Å². The van der Waals surface area contributed by atoms with E-state index < -0.39 is 5.67 Å². The zero-order valence-corrected chi connectivity index (χ0v) is 20.2. The summed E-state index contributed by atoms with van der Waals surface area (Å²) in [6, 6.07) is 7.09. The van der Waals surface area contributed by atoms with Crippen LogP contribution in [-0.4, -0.2) is 45.7 Å². The fourth-order valence-electron chi connectivity index (χ4n) is 3.80. The number of alkyl halides is 1. The summed E-state index contributed by atoms with van der Waals surface area (Å²) in [5.41, 5.74) is -0.0711. The second kappa shape index (κ2) is 9.58. The van der Waals surface area contributed by atoms with Crippen LogP contribution in [0.15, 0.2) is 35.3 Å². The number of nitrogens with zero attached hydrogens (tertiary/aromatic N) is 4. The van der Waals surface area contributed by atoms with Gasteiger partial charge in [0.05, 0.1) is 11.7 Å². The van der Waals surface area contributed by atoms with Gasteiger partial charge in [-0.05, 0) is 44.0 Å². The summed E-state index contributed by atoms with van der Waals surface area (Å²) >= 11 is 6.34. The molecule has 0 atom stereocenters. The second-order valence-electron chi connectivity index (χ2n) is 8.72. The van der Waals surface area contributed by atoms with Crippen molar-refractivity contribution in [3.63, 3.8) is 0 Å². The number of piperidine rings is 1. The normalized spacial score (nSPS) is 15.4. The summed E-state index contributed by atoms with van der Waals surface area (Å²) in [4.78, 5) is 35.0. The Balaban J connectivity index is 1.60. The first-order chi connectivity index (χ1) is 16.2. The first-order valence-corrected chi connectivity index (χ1v) is 11.6. The van der Waals surface area contributed by atoms with E-state index in [0.29, 0.717) is 60.3 Å². The van der Waals surface area contributed by atoms with Crippen molar-refractivity contribution in [2.24, 2.45) is 7.05 Å². The number of carbonyl (C=O) groups is 1. The van der Waals surface area contributed by atoms with E-state index in [1.165, 1.54) is 10.8 Å². The average Bonchev–Trinajstić information content (AvgIpc) is 2.81. The van der Waals surface area contributed by atoms with E-state index in [-0.39, 0.29) is 23.7 Å². The predicted octanol–water partition coefficient (Wildman–Crippen LogP) is 4.41. The third-order valence-electron chi connectivity index (χ3n) is 6.06. The molecule has 1 N–H and O–H groups in total. The molecule has 0 aliphatic carbocycles. The summed E-state index contributed by atoms with van der Waals surface area (Å²) in [6.07, 6.45) is 2.70. The number of hydrogen-bond donors (Lipinski definition) is 1. The molecule has 2 aromatic heterocycles. The number of hydrogen-bond acceptors (Lipinski definition) is 7. The number of pyridine rings is 1. The van der Waals surface area contributed by atoms with Crippen molar-refractivity contribution in [2.45, 2.75) is 38.8 Å². The van der Waals surface area contributed by atoms with Gasteiger partial charge in [-0.15, -0.1) is 0 Å². The Hall–Kier alpha value is -3.20. The number of ketones is 1. The Labute approximate surface area is 201 Å². The van der Waals surface area contributed by atoms with Crippen molar-refractivity contribution < 1.29 is 13.9 Å². The molecule has 34 heavy (non-hydrogen) atoms. The number of rotatable bonds is 7. The third-order valence-corrected chi connectivity index (χ3v) is 6.33. The summed E-state index contributed by atoms with van der Waals surface area (Å²) < 4.78 is 21.1. The van der Waals surface area contributed by atoms with Crippen molar-refractivity contribution in [1.82, 2.24) is 14.5 Å². The number of nitrogens with one attached hydrogen (secondary N) is 1. The van der Waals surface area contributed by atoms with Gasteiger partial charge in [-0.25, -0.2) is 9.37 Å². The number of fused-ring (bicyclic) bond motifs is 1. The van der Waals surface area contributed by atoms with E-state index in [1.54, 1.807) is 27.0 Å². The van der Waals surface area contributed by atoms with Crippen LogP contribution in [0.25, 0.3) is 10.9 Å². The van der Waals surface area contributed by atoms with E-state index >= 15 is 0 Å². The zero-order valence-electron chi connectivity index (χ0n) is 19.4. The maximum atomic E-state index is 14.2. The molecule has 0 amide bonds. The minimum absolute atomic E-state index is 0.0865. The SMILES string of the molecule is CCC(=O)COc1cc2cc(Nc3nc(N4CCC(C)(F)CC4)ncc3Cl)ccc2n(C)c1=O. The topological polar surface area (TPSA) is 89.3 Å². The molecule has 180 valence electrons. The summed E-state index contributed by atoms with van der Waals surface area (Å²) in [7, 11) is 1.65. The van der Waals surface area contributed by atoms with Gasteiger partial charge in [-0.3, -0.25) is 9.59 Å². The van der Waals surface area contributed by atoms with Gasteiger partial charge in [0.25, 0.3) is 5.56 Å². The number of halogens is 2. The molecular formula is C24H27ClFN5O3. The molecule has 1 aliphatic heterocycles. The van der Waals surface area contributed by atoms with Gasteiger partial charge in [-0.1, -0.05) is 18.5 Å². The molecule has 0 unspecified atom stereocenters. The Morgan fingerprint density at radius 1 is 1.29 bits per heavy atom. The average molecular weight is 488 g/mol. The standard InChI is InChI=1S/C24H27ClFN5O3/c1-4-17(32)14-34-20-12-15-11-16(5-6-19(15)30(3)22(20)33)28-21-18(25)13-27-23(29-21)31-9-7-24(2,26)8-10-31/h5-6,11-13H,4,7-10,14H2,1-3H3,(H,27,28,29). The Morgan fingerprint density at radius 2 is 2.03 bits per heavy atom. The van der Waals surface area contributed by atoms with Crippen LogP contribution < -0.4 is 20.5 Å². The summed E-state index contributed by atoms with van der Waals surface area (Å²) in [6.45, 7) is 4.28. The minimum Gasteiger partial charge on any atom is -0.480 e. The third kappa shape index (κ3) is 5.14. The van der Waals surface area contributed by atoms with Crippen molar-refractivity contribution in [3.8, 4) is 5.75 Å². The highest BCUT2D eigenvalue weighted by Gasteiger charge is 2.30. The smallest absolute Gasteiger partial charge is 0.293 e. The Morgan fingerprint density at radius 3 is 2.74 bits per heavy atom. The molecule has 1 aromatic carbocycles. The lowest BCUT2D eigenvalue weighted by Crippen LogP contribution is -2.40. The molecule has 1 aliphatic rings. The van der Waals surface area contributed by atoms with E-state index in [2.05, 4.69) is 15.3 Å². The second-order valence-corrected chi connectivity index (χ2v) is 9.13. The van der Waals surface area contributed by atoms with Gasteiger partial charge in [0.1, 0.15) is 17.3 Å². The predicted molar refractivity (Wildman–Crippen MR) is 131 cm³/mol. The van der Waals surface area contributed by atoms with Crippen molar-refractivity contribution in [3.05, 3.63) is 45.8 Å². The van der Waals surface area contributed by atoms with Crippen molar-refractivity contribution in [2.75, 3.05) is 29.9 Å². The zero-order chi connectivity index (χ0) is 24.5. The van der Waals surface area contributed by atoms with Gasteiger partial charge in [-0.2, -0.15) is 4.98 Å². The molecule has 8 nitrogen and oxygen atoms in total. The molecule has 3 heterocycles. The van der Waals surface area contributed by atoms with Crippen LogP contribution in [0.5, 0.6) is 5.75 Å². The minimum atomic E-state index is -1.17. The fourth-order valence-corrected chi connectivity index (χ4v) is 3.94. The molecule has 4 rings (SSSR count). The summed E-state index contributed by atoms with van der Waals surface area (Å²) in [5.74, 6) is 0.939. The van der Waals surface area contributed by atoms with Crippen LogP contribution in [0, 0.1) is 0 Å². The van der Waals surface area contributed by atoms with Crippen LogP contribution in [0.1, 0.15) is 33.1 Å². The number of aromatic nitrogens is 3. The first kappa shape index (κ1) is 23.9. The molecule has 1 fully saturated rings. The molecule has 0 saturated carbocycles. The maximum absolute atomic E-state index is 14.2. The van der Waals surface area contributed by atoms with Gasteiger partial charge in [0.15, 0.2) is 17.4 Å². The van der Waals surface area contributed by atoms with Gasteiger partial charge in [0.2, 0.25) is 5.95 Å². The molecule has 3 aromatic rings.